The van der Waals surface area contributed by atoms with E-state index in [9.17, 15) is 9.18 Å². The fourth-order valence-corrected chi connectivity index (χ4v) is 2.91. The molecule has 2 aromatic carbocycles. The molecule has 0 atom stereocenters. The number of nitrogens with one attached hydrogen (secondary N) is 1. The Kier molecular flexibility index (Phi) is 5.63. The van der Waals surface area contributed by atoms with Crippen molar-refractivity contribution < 1.29 is 13.9 Å². The zero-order valence-electron chi connectivity index (χ0n) is 14.4. The molecule has 0 aromatic heterocycles. The van der Waals surface area contributed by atoms with Crippen molar-refractivity contribution in [1.82, 2.24) is 10.2 Å². The summed E-state index contributed by atoms with van der Waals surface area (Å²) in [6.45, 7) is 2.89. The Morgan fingerprint density at radius 1 is 1.19 bits per heavy atom. The summed E-state index contributed by atoms with van der Waals surface area (Å²) in [6.07, 6.45) is 2.57. The van der Waals surface area contributed by atoms with E-state index in [1.165, 1.54) is 12.1 Å². The molecule has 1 fully saturated rings. The maximum absolute atomic E-state index is 13.0. The minimum absolute atomic E-state index is 0.134. The number of amides is 1. The summed E-state index contributed by atoms with van der Waals surface area (Å²) in [4.78, 5) is 14.0. The lowest BCUT2D eigenvalue weighted by atomic mass is 10.1. The zero-order chi connectivity index (χ0) is 18.5. The van der Waals surface area contributed by atoms with E-state index in [1.54, 1.807) is 23.1 Å². The molecule has 1 heterocycles. The average molecular weight is 370 g/mol. The molecule has 1 saturated heterocycles. The van der Waals surface area contributed by atoms with Gasteiger partial charge < -0.3 is 10.1 Å². The van der Waals surface area contributed by atoms with Gasteiger partial charge in [0.2, 0.25) is 0 Å². The number of ether oxygens (including phenoxy) is 1. The minimum Gasteiger partial charge on any atom is -0.488 e. The highest BCUT2D eigenvalue weighted by molar-refractivity contribution is 7.80. The smallest absolute Gasteiger partial charge is 0.276 e. The third-order valence-corrected chi connectivity index (χ3v) is 4.26. The number of carbonyl (C=O) groups excluding carboxylic acids is 1. The summed E-state index contributed by atoms with van der Waals surface area (Å²) in [6, 6.07) is 13.6. The van der Waals surface area contributed by atoms with Crippen molar-refractivity contribution in [3.63, 3.8) is 0 Å². The highest BCUT2D eigenvalue weighted by atomic mass is 32.1. The molecule has 0 aliphatic carbocycles. The third-order valence-electron chi connectivity index (χ3n) is 3.94. The summed E-state index contributed by atoms with van der Waals surface area (Å²) >= 11 is 5.23. The average Bonchev–Trinajstić information content (AvgIpc) is 2.90. The number of hydrogen-bond donors (Lipinski definition) is 1. The molecule has 4 nitrogen and oxygen atoms in total. The van der Waals surface area contributed by atoms with Gasteiger partial charge in [0.15, 0.2) is 5.11 Å². The van der Waals surface area contributed by atoms with Crippen molar-refractivity contribution in [3.8, 4) is 5.75 Å². The zero-order valence-corrected chi connectivity index (χ0v) is 15.2. The van der Waals surface area contributed by atoms with Gasteiger partial charge in [0.05, 0.1) is 0 Å². The van der Waals surface area contributed by atoms with E-state index in [0.717, 1.165) is 17.5 Å². The van der Waals surface area contributed by atoms with Gasteiger partial charge >= 0.3 is 0 Å². The second kappa shape index (κ2) is 8.10. The third kappa shape index (κ3) is 4.08. The second-order valence-electron chi connectivity index (χ2n) is 5.90. The summed E-state index contributed by atoms with van der Waals surface area (Å²) in [5, 5.41) is 3.39. The molecule has 1 aliphatic rings. The maximum Gasteiger partial charge on any atom is 0.276 e. The largest absolute Gasteiger partial charge is 0.488 e. The van der Waals surface area contributed by atoms with Crippen LogP contribution in [0.4, 0.5) is 4.39 Å². The van der Waals surface area contributed by atoms with E-state index in [0.29, 0.717) is 29.7 Å². The van der Waals surface area contributed by atoms with Crippen molar-refractivity contribution in [3.05, 3.63) is 71.2 Å². The van der Waals surface area contributed by atoms with Gasteiger partial charge in [0.25, 0.3) is 5.91 Å². The van der Waals surface area contributed by atoms with Gasteiger partial charge in [0.1, 0.15) is 23.9 Å². The van der Waals surface area contributed by atoms with Crippen molar-refractivity contribution in [2.24, 2.45) is 0 Å². The Hall–Kier alpha value is -2.73. The summed E-state index contributed by atoms with van der Waals surface area (Å²) in [5.41, 5.74) is 2.06. The molecule has 3 rings (SSSR count). The van der Waals surface area contributed by atoms with E-state index >= 15 is 0 Å². The summed E-state index contributed by atoms with van der Waals surface area (Å²) in [5.74, 6) is 0.223. The first kappa shape index (κ1) is 18.1. The lowest BCUT2D eigenvalue weighted by Crippen LogP contribution is -2.31. The van der Waals surface area contributed by atoms with Crippen LogP contribution in [0.25, 0.3) is 6.08 Å². The molecule has 134 valence electrons. The number of nitrogens with zero attached hydrogens (tertiary/aromatic N) is 1. The van der Waals surface area contributed by atoms with Gasteiger partial charge in [-0.25, -0.2) is 4.39 Å². The SMILES string of the molecule is CCCN1C(=O)/C(=C\c2ccccc2OCc2ccc(F)cc2)NC1=S. The maximum atomic E-state index is 13.0. The molecule has 0 radical (unpaired) electrons. The quantitative estimate of drug-likeness (QED) is 0.619. The first-order chi connectivity index (χ1) is 12.6. The van der Waals surface area contributed by atoms with Crippen molar-refractivity contribution >= 4 is 29.3 Å². The first-order valence-corrected chi connectivity index (χ1v) is 8.80. The predicted molar refractivity (Wildman–Crippen MR) is 103 cm³/mol. The second-order valence-corrected chi connectivity index (χ2v) is 6.28. The Bertz CT molecular complexity index is 849. The van der Waals surface area contributed by atoms with Gasteiger partial charge in [-0.05, 0) is 48.5 Å². The molecular formula is C20H19FN2O2S. The number of para-hydroxylation sites is 1. The van der Waals surface area contributed by atoms with E-state index in [2.05, 4.69) is 5.32 Å². The Morgan fingerprint density at radius 3 is 2.65 bits per heavy atom. The van der Waals surface area contributed by atoms with Crippen LogP contribution in [0.15, 0.2) is 54.2 Å². The van der Waals surface area contributed by atoms with Gasteiger partial charge in [-0.2, -0.15) is 0 Å². The number of rotatable bonds is 6. The Balaban J connectivity index is 1.78. The fraction of sp³-hybridized carbons (Fsp3) is 0.200. The number of thiocarbonyl (C=S) groups is 1. The van der Waals surface area contributed by atoms with Crippen LogP contribution in [0.3, 0.4) is 0 Å². The van der Waals surface area contributed by atoms with Crippen LogP contribution in [-0.2, 0) is 11.4 Å². The lowest BCUT2D eigenvalue weighted by Gasteiger charge is -2.11. The monoisotopic (exact) mass is 370 g/mol. The fourth-order valence-electron chi connectivity index (χ4n) is 2.63. The predicted octanol–water partition coefficient (Wildman–Crippen LogP) is 3.87. The van der Waals surface area contributed by atoms with Crippen LogP contribution < -0.4 is 10.1 Å². The number of carbonyl (C=O) groups is 1. The number of hydrogen-bond acceptors (Lipinski definition) is 3. The van der Waals surface area contributed by atoms with Crippen LogP contribution in [0.2, 0.25) is 0 Å². The van der Waals surface area contributed by atoms with Crippen LogP contribution in [-0.4, -0.2) is 22.5 Å². The molecule has 1 amide bonds. The van der Waals surface area contributed by atoms with E-state index in [-0.39, 0.29) is 11.7 Å². The van der Waals surface area contributed by atoms with E-state index in [4.69, 9.17) is 17.0 Å². The van der Waals surface area contributed by atoms with Crippen molar-refractivity contribution in [1.29, 1.82) is 0 Å². The summed E-state index contributed by atoms with van der Waals surface area (Å²) < 4.78 is 18.9. The topological polar surface area (TPSA) is 41.6 Å². The molecule has 1 aliphatic heterocycles. The van der Waals surface area contributed by atoms with Crippen LogP contribution in [0, 0.1) is 5.82 Å². The van der Waals surface area contributed by atoms with Crippen LogP contribution in [0.5, 0.6) is 5.75 Å². The van der Waals surface area contributed by atoms with Gasteiger partial charge in [-0.1, -0.05) is 37.3 Å². The minimum atomic E-state index is -0.280. The molecular weight excluding hydrogens is 351 g/mol. The Labute approximate surface area is 157 Å². The van der Waals surface area contributed by atoms with Gasteiger partial charge in [-0.3, -0.25) is 9.69 Å². The van der Waals surface area contributed by atoms with Crippen molar-refractivity contribution in [2.45, 2.75) is 20.0 Å². The number of benzene rings is 2. The van der Waals surface area contributed by atoms with Gasteiger partial charge in [-0.15, -0.1) is 0 Å². The molecule has 1 N–H and O–H groups in total. The normalized spacial score (nSPS) is 15.5. The summed E-state index contributed by atoms with van der Waals surface area (Å²) in [7, 11) is 0. The standard InChI is InChI=1S/C20H19FN2O2S/c1-2-11-23-19(24)17(22-20(23)26)12-15-5-3-4-6-18(15)25-13-14-7-9-16(21)10-8-14/h3-10,12H,2,11,13H2,1H3,(H,22,26)/b17-12+. The first-order valence-electron chi connectivity index (χ1n) is 8.39. The highest BCUT2D eigenvalue weighted by Crippen LogP contribution is 2.23. The molecule has 26 heavy (non-hydrogen) atoms. The van der Waals surface area contributed by atoms with E-state index in [1.807, 2.05) is 31.2 Å². The molecule has 0 spiro atoms. The molecule has 0 bridgehead atoms. The number of halogens is 1. The lowest BCUT2D eigenvalue weighted by molar-refractivity contribution is -0.122. The highest BCUT2D eigenvalue weighted by Gasteiger charge is 2.29. The molecule has 0 unspecified atom stereocenters. The molecule has 6 heteroatoms. The molecule has 0 saturated carbocycles. The van der Waals surface area contributed by atoms with Crippen LogP contribution in [0.1, 0.15) is 24.5 Å². The van der Waals surface area contributed by atoms with Crippen molar-refractivity contribution in [2.75, 3.05) is 6.54 Å². The van der Waals surface area contributed by atoms with Gasteiger partial charge in [0, 0.05) is 12.1 Å². The van der Waals surface area contributed by atoms with Crippen LogP contribution >= 0.6 is 12.2 Å². The Morgan fingerprint density at radius 2 is 1.92 bits per heavy atom. The molecule has 2 aromatic rings. The van der Waals surface area contributed by atoms with E-state index < -0.39 is 0 Å².